The summed E-state index contributed by atoms with van der Waals surface area (Å²) in [5.41, 5.74) is 0.481. The molecule has 0 spiro atoms. The molecule has 0 atom stereocenters. The number of aromatic nitrogens is 1. The van der Waals surface area contributed by atoms with Crippen LogP contribution in [-0.4, -0.2) is 28.9 Å². The van der Waals surface area contributed by atoms with E-state index in [1.165, 1.54) is 11.3 Å². The Morgan fingerprint density at radius 1 is 1.75 bits per heavy atom. The fourth-order valence-corrected chi connectivity index (χ4v) is 2.24. The molecule has 0 N–H and O–H groups in total. The number of nitriles is 1. The van der Waals surface area contributed by atoms with Crippen LogP contribution in [0, 0.1) is 17.2 Å². The van der Waals surface area contributed by atoms with Crippen molar-refractivity contribution in [1.82, 2.24) is 9.88 Å². The summed E-state index contributed by atoms with van der Waals surface area (Å²) in [5.74, 6) is -0.0731. The van der Waals surface area contributed by atoms with Gasteiger partial charge in [-0.05, 0) is 13.0 Å². The Morgan fingerprint density at radius 2 is 2.50 bits per heavy atom. The molecule has 1 amide bonds. The lowest BCUT2D eigenvalue weighted by Gasteiger charge is -2.34. The predicted octanol–water partition coefficient (Wildman–Crippen LogP) is 1.77. The Morgan fingerprint density at radius 3 is 3.12 bits per heavy atom. The van der Waals surface area contributed by atoms with E-state index >= 15 is 0 Å². The monoisotopic (exact) mass is 233 g/mol. The normalized spacial score (nSPS) is 16.1. The number of thiazole rings is 1. The second-order valence-electron chi connectivity index (χ2n) is 3.61. The van der Waals surface area contributed by atoms with Gasteiger partial charge in [-0.25, -0.2) is 4.98 Å². The minimum atomic E-state index is -0.0708. The third-order valence-electron chi connectivity index (χ3n) is 2.40. The van der Waals surface area contributed by atoms with Crippen LogP contribution in [-0.2, 0) is 0 Å². The van der Waals surface area contributed by atoms with Crippen LogP contribution in [0.15, 0.2) is 11.5 Å². The van der Waals surface area contributed by atoms with Gasteiger partial charge in [0.05, 0.1) is 12.0 Å². The molecule has 1 saturated heterocycles. The van der Waals surface area contributed by atoms with E-state index in [0.29, 0.717) is 18.8 Å². The highest BCUT2D eigenvalue weighted by atomic mass is 32.1. The van der Waals surface area contributed by atoms with E-state index in [1.54, 1.807) is 10.3 Å². The Labute approximate surface area is 97.8 Å². The van der Waals surface area contributed by atoms with Gasteiger partial charge in [0, 0.05) is 18.5 Å². The number of likely N-dealkylation sites (tertiary alicyclic amines) is 1. The molecule has 5 heteroatoms. The predicted molar refractivity (Wildman–Crippen MR) is 61.8 cm³/mol. The van der Waals surface area contributed by atoms with Crippen molar-refractivity contribution in [3.8, 4) is 6.07 Å². The van der Waals surface area contributed by atoms with Gasteiger partial charge in [-0.15, -0.1) is 11.3 Å². The van der Waals surface area contributed by atoms with E-state index in [0.717, 1.165) is 5.01 Å². The standard InChI is InChI=1S/C11H11N3OS/c1-2-3-10-13-9(7-16-10)11(15)14-5-8(4-12)6-14/h2-3,7-8H,5-6H2,1H3/b3-2-. The van der Waals surface area contributed by atoms with Gasteiger partial charge in [0.25, 0.3) is 5.91 Å². The first-order valence-corrected chi connectivity index (χ1v) is 5.89. The summed E-state index contributed by atoms with van der Waals surface area (Å²) in [5, 5.41) is 11.2. The number of hydrogen-bond donors (Lipinski definition) is 0. The zero-order valence-corrected chi connectivity index (χ0v) is 9.70. The Bertz CT molecular complexity index is 466. The zero-order valence-electron chi connectivity index (χ0n) is 8.88. The lowest BCUT2D eigenvalue weighted by molar-refractivity contribution is 0.0572. The summed E-state index contributed by atoms with van der Waals surface area (Å²) >= 11 is 1.45. The Balaban J connectivity index is 2.02. The van der Waals surface area contributed by atoms with E-state index in [1.807, 2.05) is 19.1 Å². The highest BCUT2D eigenvalue weighted by Gasteiger charge is 2.31. The molecule has 16 heavy (non-hydrogen) atoms. The molecule has 1 aliphatic heterocycles. The van der Waals surface area contributed by atoms with Crippen LogP contribution in [0.4, 0.5) is 0 Å². The minimum Gasteiger partial charge on any atom is -0.335 e. The molecule has 1 aromatic heterocycles. The van der Waals surface area contributed by atoms with Crippen molar-refractivity contribution in [2.24, 2.45) is 5.92 Å². The van der Waals surface area contributed by atoms with Crippen LogP contribution in [0.1, 0.15) is 22.4 Å². The van der Waals surface area contributed by atoms with Crippen LogP contribution >= 0.6 is 11.3 Å². The fraction of sp³-hybridized carbons (Fsp3) is 0.364. The van der Waals surface area contributed by atoms with Crippen molar-refractivity contribution < 1.29 is 4.79 Å². The van der Waals surface area contributed by atoms with E-state index in [2.05, 4.69) is 11.1 Å². The largest absolute Gasteiger partial charge is 0.335 e. The smallest absolute Gasteiger partial charge is 0.273 e. The number of allylic oxidation sites excluding steroid dienone is 1. The summed E-state index contributed by atoms with van der Waals surface area (Å²) in [6.45, 7) is 2.98. The van der Waals surface area contributed by atoms with E-state index in [4.69, 9.17) is 5.26 Å². The molecule has 1 aliphatic rings. The lowest BCUT2D eigenvalue weighted by Crippen LogP contribution is -2.49. The molecule has 0 saturated carbocycles. The maximum absolute atomic E-state index is 11.8. The third-order valence-corrected chi connectivity index (χ3v) is 3.21. The second-order valence-corrected chi connectivity index (χ2v) is 4.50. The molecule has 0 bridgehead atoms. The van der Waals surface area contributed by atoms with Gasteiger partial charge >= 0.3 is 0 Å². The summed E-state index contributed by atoms with van der Waals surface area (Å²) in [4.78, 5) is 17.7. The van der Waals surface area contributed by atoms with Gasteiger partial charge in [-0.1, -0.05) is 6.08 Å². The van der Waals surface area contributed by atoms with Crippen molar-refractivity contribution in [3.05, 3.63) is 22.2 Å². The quantitative estimate of drug-likeness (QED) is 0.782. The van der Waals surface area contributed by atoms with Crippen LogP contribution in [0.5, 0.6) is 0 Å². The van der Waals surface area contributed by atoms with Crippen LogP contribution in [0.2, 0.25) is 0 Å². The molecule has 2 heterocycles. The summed E-state index contributed by atoms with van der Waals surface area (Å²) < 4.78 is 0. The van der Waals surface area contributed by atoms with Crippen molar-refractivity contribution in [3.63, 3.8) is 0 Å². The van der Waals surface area contributed by atoms with Gasteiger partial charge in [0.1, 0.15) is 10.7 Å². The first kappa shape index (κ1) is 10.8. The Kier molecular flexibility index (Phi) is 3.02. The second kappa shape index (κ2) is 4.45. The Hall–Kier alpha value is -1.67. The van der Waals surface area contributed by atoms with Crippen molar-refractivity contribution in [1.29, 1.82) is 5.26 Å². The molecular weight excluding hydrogens is 222 g/mol. The van der Waals surface area contributed by atoms with Crippen molar-refractivity contribution in [2.45, 2.75) is 6.92 Å². The molecule has 0 aliphatic carbocycles. The number of hydrogen-bond acceptors (Lipinski definition) is 4. The molecule has 0 aromatic carbocycles. The topological polar surface area (TPSA) is 57.0 Å². The van der Waals surface area contributed by atoms with Crippen molar-refractivity contribution >= 4 is 23.3 Å². The average molecular weight is 233 g/mol. The van der Waals surface area contributed by atoms with E-state index < -0.39 is 0 Å². The molecule has 1 fully saturated rings. The van der Waals surface area contributed by atoms with E-state index in [9.17, 15) is 4.79 Å². The number of carbonyl (C=O) groups excluding carboxylic acids is 1. The number of rotatable bonds is 2. The summed E-state index contributed by atoms with van der Waals surface area (Å²) in [6.07, 6.45) is 3.76. The van der Waals surface area contributed by atoms with Crippen molar-refractivity contribution in [2.75, 3.05) is 13.1 Å². The van der Waals surface area contributed by atoms with E-state index in [-0.39, 0.29) is 11.8 Å². The molecule has 0 unspecified atom stereocenters. The highest BCUT2D eigenvalue weighted by Crippen LogP contribution is 2.19. The first-order valence-electron chi connectivity index (χ1n) is 5.01. The zero-order chi connectivity index (χ0) is 11.5. The molecule has 0 radical (unpaired) electrons. The van der Waals surface area contributed by atoms with Gasteiger partial charge in [0.2, 0.25) is 0 Å². The van der Waals surface area contributed by atoms with Gasteiger partial charge < -0.3 is 4.90 Å². The lowest BCUT2D eigenvalue weighted by atomic mass is 10.0. The molecule has 2 rings (SSSR count). The third kappa shape index (κ3) is 1.97. The SMILES string of the molecule is C/C=C\c1nc(C(=O)N2CC(C#N)C2)cs1. The minimum absolute atomic E-state index is 0.00223. The number of nitrogens with zero attached hydrogens (tertiary/aromatic N) is 3. The number of carbonyl (C=O) groups is 1. The van der Waals surface area contributed by atoms with Crippen LogP contribution in [0.25, 0.3) is 6.08 Å². The molecule has 1 aromatic rings. The average Bonchev–Trinajstić information content (AvgIpc) is 2.65. The maximum atomic E-state index is 11.8. The fourth-order valence-electron chi connectivity index (χ4n) is 1.49. The molecular formula is C11H11N3OS. The van der Waals surface area contributed by atoms with Crippen LogP contribution in [0.3, 0.4) is 0 Å². The maximum Gasteiger partial charge on any atom is 0.273 e. The summed E-state index contributed by atoms with van der Waals surface area (Å²) in [6, 6.07) is 2.14. The van der Waals surface area contributed by atoms with Gasteiger partial charge in [0.15, 0.2) is 0 Å². The van der Waals surface area contributed by atoms with Crippen LogP contribution < -0.4 is 0 Å². The van der Waals surface area contributed by atoms with Gasteiger partial charge in [-0.2, -0.15) is 5.26 Å². The molecule has 4 nitrogen and oxygen atoms in total. The highest BCUT2D eigenvalue weighted by molar-refractivity contribution is 7.10. The molecule has 82 valence electrons. The number of amides is 1. The first-order chi connectivity index (χ1) is 7.74. The summed E-state index contributed by atoms with van der Waals surface area (Å²) in [7, 11) is 0. The van der Waals surface area contributed by atoms with Gasteiger partial charge in [-0.3, -0.25) is 4.79 Å².